The number of ether oxygens (including phenoxy) is 1. The zero-order valence-electron chi connectivity index (χ0n) is 7.26. The van der Waals surface area contributed by atoms with E-state index in [-0.39, 0.29) is 17.8 Å². The highest BCUT2D eigenvalue weighted by atomic mass is 16.5. The van der Waals surface area contributed by atoms with Gasteiger partial charge in [0, 0.05) is 5.57 Å². The standard InChI is InChI=1S/C9H14O2/c1-4-8-7(3)9(10)6(2)5-11-8/h5,7-8H,4H2,1-3H3/t7-,8+/m0/s1. The highest BCUT2D eigenvalue weighted by Gasteiger charge is 2.27. The number of hydrogen-bond donors (Lipinski definition) is 0. The fourth-order valence-corrected chi connectivity index (χ4v) is 1.34. The van der Waals surface area contributed by atoms with E-state index in [0.717, 1.165) is 12.0 Å². The van der Waals surface area contributed by atoms with Gasteiger partial charge < -0.3 is 4.74 Å². The van der Waals surface area contributed by atoms with Gasteiger partial charge in [0.2, 0.25) is 0 Å². The Balaban J connectivity index is 2.76. The number of carbonyl (C=O) groups excluding carboxylic acids is 1. The van der Waals surface area contributed by atoms with Crippen molar-refractivity contribution in [3.05, 3.63) is 11.8 Å². The van der Waals surface area contributed by atoms with Gasteiger partial charge in [0.25, 0.3) is 0 Å². The monoisotopic (exact) mass is 154 g/mol. The summed E-state index contributed by atoms with van der Waals surface area (Å²) in [6.45, 7) is 5.75. The molecule has 1 aliphatic heterocycles. The van der Waals surface area contributed by atoms with Gasteiger partial charge in [-0.15, -0.1) is 0 Å². The van der Waals surface area contributed by atoms with E-state index in [2.05, 4.69) is 0 Å². The minimum atomic E-state index is 0.0324. The van der Waals surface area contributed by atoms with Gasteiger partial charge in [0.05, 0.1) is 12.2 Å². The molecule has 11 heavy (non-hydrogen) atoms. The van der Waals surface area contributed by atoms with Crippen molar-refractivity contribution in [3.63, 3.8) is 0 Å². The molecule has 2 atom stereocenters. The van der Waals surface area contributed by atoms with E-state index >= 15 is 0 Å². The SMILES string of the molecule is CC[C@H]1OC=C(C)C(=O)[C@H]1C. The molecular formula is C9H14O2. The van der Waals surface area contributed by atoms with E-state index in [1.165, 1.54) is 0 Å². The number of ketones is 1. The first kappa shape index (κ1) is 8.31. The number of rotatable bonds is 1. The van der Waals surface area contributed by atoms with Crippen LogP contribution in [0.3, 0.4) is 0 Å². The second kappa shape index (κ2) is 3.07. The van der Waals surface area contributed by atoms with Crippen LogP contribution < -0.4 is 0 Å². The first-order valence-electron chi connectivity index (χ1n) is 4.03. The zero-order chi connectivity index (χ0) is 8.43. The molecule has 0 bridgehead atoms. The Morgan fingerprint density at radius 3 is 2.82 bits per heavy atom. The van der Waals surface area contributed by atoms with Crippen LogP contribution >= 0.6 is 0 Å². The molecule has 1 rings (SSSR count). The molecule has 0 saturated heterocycles. The maximum Gasteiger partial charge on any atom is 0.168 e. The summed E-state index contributed by atoms with van der Waals surface area (Å²) >= 11 is 0. The molecule has 2 heteroatoms. The van der Waals surface area contributed by atoms with Crippen LogP contribution in [-0.4, -0.2) is 11.9 Å². The van der Waals surface area contributed by atoms with Gasteiger partial charge in [-0.3, -0.25) is 4.79 Å². The average molecular weight is 154 g/mol. The molecule has 2 nitrogen and oxygen atoms in total. The molecule has 0 spiro atoms. The van der Waals surface area contributed by atoms with Crippen molar-refractivity contribution in [2.75, 3.05) is 0 Å². The van der Waals surface area contributed by atoms with E-state index in [4.69, 9.17) is 4.74 Å². The predicted octanol–water partition coefficient (Wildman–Crippen LogP) is 1.90. The third kappa shape index (κ3) is 1.44. The van der Waals surface area contributed by atoms with Gasteiger partial charge in [-0.25, -0.2) is 0 Å². The van der Waals surface area contributed by atoms with Crippen LogP contribution in [0, 0.1) is 5.92 Å². The molecule has 0 aliphatic carbocycles. The first-order chi connectivity index (χ1) is 5.16. The molecule has 0 unspecified atom stereocenters. The van der Waals surface area contributed by atoms with Crippen molar-refractivity contribution in [1.29, 1.82) is 0 Å². The summed E-state index contributed by atoms with van der Waals surface area (Å²) in [5.41, 5.74) is 0.738. The summed E-state index contributed by atoms with van der Waals surface area (Å²) in [4.78, 5) is 11.3. The first-order valence-corrected chi connectivity index (χ1v) is 4.03. The number of Topliss-reactive ketones (excluding diaryl/α,β-unsaturated/α-hetero) is 1. The molecule has 0 aromatic heterocycles. The van der Waals surface area contributed by atoms with E-state index in [1.807, 2.05) is 13.8 Å². The third-order valence-corrected chi connectivity index (χ3v) is 2.18. The van der Waals surface area contributed by atoms with Gasteiger partial charge in [-0.05, 0) is 13.3 Å². The quantitative estimate of drug-likeness (QED) is 0.576. The number of carbonyl (C=O) groups is 1. The summed E-state index contributed by atoms with van der Waals surface area (Å²) in [6.07, 6.45) is 2.57. The Hall–Kier alpha value is -0.790. The van der Waals surface area contributed by atoms with Crippen LogP contribution in [0.25, 0.3) is 0 Å². The molecular weight excluding hydrogens is 140 g/mol. The van der Waals surface area contributed by atoms with Crippen LogP contribution in [0.2, 0.25) is 0 Å². The topological polar surface area (TPSA) is 26.3 Å². The summed E-state index contributed by atoms with van der Waals surface area (Å²) < 4.78 is 5.34. The Morgan fingerprint density at radius 1 is 1.64 bits per heavy atom. The van der Waals surface area contributed by atoms with Crippen LogP contribution in [0.15, 0.2) is 11.8 Å². The third-order valence-electron chi connectivity index (χ3n) is 2.18. The van der Waals surface area contributed by atoms with Crippen molar-refractivity contribution >= 4 is 5.78 Å². The van der Waals surface area contributed by atoms with Crippen molar-refractivity contribution in [2.24, 2.45) is 5.92 Å². The fraction of sp³-hybridized carbons (Fsp3) is 0.667. The molecule has 0 aromatic carbocycles. The Labute approximate surface area is 67.2 Å². The van der Waals surface area contributed by atoms with Gasteiger partial charge in [0.15, 0.2) is 5.78 Å². The second-order valence-electron chi connectivity index (χ2n) is 3.04. The molecule has 1 heterocycles. The van der Waals surface area contributed by atoms with Crippen LogP contribution in [-0.2, 0) is 9.53 Å². The van der Waals surface area contributed by atoms with E-state index in [1.54, 1.807) is 13.2 Å². The fourth-order valence-electron chi connectivity index (χ4n) is 1.34. The summed E-state index contributed by atoms with van der Waals surface area (Å²) in [7, 11) is 0. The zero-order valence-corrected chi connectivity index (χ0v) is 7.26. The normalized spacial score (nSPS) is 31.2. The van der Waals surface area contributed by atoms with Crippen molar-refractivity contribution in [2.45, 2.75) is 33.3 Å². The number of hydrogen-bond acceptors (Lipinski definition) is 2. The smallest absolute Gasteiger partial charge is 0.168 e. The highest BCUT2D eigenvalue weighted by Crippen LogP contribution is 2.21. The lowest BCUT2D eigenvalue weighted by atomic mass is 9.92. The second-order valence-corrected chi connectivity index (χ2v) is 3.04. The lowest BCUT2D eigenvalue weighted by Crippen LogP contribution is -2.31. The molecule has 0 aromatic rings. The molecule has 0 amide bonds. The maximum atomic E-state index is 11.3. The van der Waals surface area contributed by atoms with E-state index in [0.29, 0.717) is 0 Å². The van der Waals surface area contributed by atoms with Crippen LogP contribution in [0.5, 0.6) is 0 Å². The Kier molecular flexibility index (Phi) is 2.32. The molecule has 62 valence electrons. The number of allylic oxidation sites excluding steroid dienone is 1. The van der Waals surface area contributed by atoms with E-state index < -0.39 is 0 Å². The predicted molar refractivity (Wildman–Crippen MR) is 43.1 cm³/mol. The average Bonchev–Trinajstić information content (AvgIpc) is 2.01. The summed E-state index contributed by atoms with van der Waals surface area (Å²) in [6, 6.07) is 0. The lowest BCUT2D eigenvalue weighted by molar-refractivity contribution is -0.124. The van der Waals surface area contributed by atoms with Gasteiger partial charge in [-0.1, -0.05) is 13.8 Å². The van der Waals surface area contributed by atoms with Crippen molar-refractivity contribution < 1.29 is 9.53 Å². The minimum absolute atomic E-state index is 0.0324. The van der Waals surface area contributed by atoms with Crippen LogP contribution in [0.1, 0.15) is 27.2 Å². The van der Waals surface area contributed by atoms with Gasteiger partial charge >= 0.3 is 0 Å². The van der Waals surface area contributed by atoms with Gasteiger partial charge in [-0.2, -0.15) is 0 Å². The molecule has 0 radical (unpaired) electrons. The Morgan fingerprint density at radius 2 is 2.27 bits per heavy atom. The molecule has 1 aliphatic rings. The maximum absolute atomic E-state index is 11.3. The Bertz CT molecular complexity index is 194. The lowest BCUT2D eigenvalue weighted by Gasteiger charge is -2.25. The van der Waals surface area contributed by atoms with Gasteiger partial charge in [0.1, 0.15) is 6.10 Å². The molecule has 0 saturated carbocycles. The highest BCUT2D eigenvalue weighted by molar-refractivity contribution is 5.97. The summed E-state index contributed by atoms with van der Waals surface area (Å²) in [5.74, 6) is 0.257. The largest absolute Gasteiger partial charge is 0.497 e. The van der Waals surface area contributed by atoms with Crippen molar-refractivity contribution in [1.82, 2.24) is 0 Å². The minimum Gasteiger partial charge on any atom is -0.497 e. The molecule has 0 fully saturated rings. The van der Waals surface area contributed by atoms with Crippen molar-refractivity contribution in [3.8, 4) is 0 Å². The van der Waals surface area contributed by atoms with E-state index in [9.17, 15) is 4.79 Å². The summed E-state index contributed by atoms with van der Waals surface area (Å²) in [5, 5.41) is 0. The molecule has 0 N–H and O–H groups in total. The van der Waals surface area contributed by atoms with Crippen LogP contribution in [0.4, 0.5) is 0 Å².